The first kappa shape index (κ1) is 15.2. The molecule has 1 aliphatic rings. The quantitative estimate of drug-likeness (QED) is 0.871. The number of hydrogen-bond donors (Lipinski definition) is 2. The first-order chi connectivity index (χ1) is 9.91. The minimum atomic E-state index is -0.557. The number of benzene rings is 1. The summed E-state index contributed by atoms with van der Waals surface area (Å²) in [6.07, 6.45) is 0.626. The number of methoxy groups -OCH3 is 1. The van der Waals surface area contributed by atoms with E-state index in [1.807, 2.05) is 6.92 Å². The highest BCUT2D eigenvalue weighted by atomic mass is 16.5. The predicted molar refractivity (Wildman–Crippen MR) is 77.4 cm³/mol. The van der Waals surface area contributed by atoms with Gasteiger partial charge < -0.3 is 20.1 Å². The van der Waals surface area contributed by atoms with Gasteiger partial charge in [0, 0.05) is 25.7 Å². The van der Waals surface area contributed by atoms with Crippen molar-refractivity contribution in [1.82, 2.24) is 10.2 Å². The molecule has 0 aliphatic carbocycles. The van der Waals surface area contributed by atoms with Crippen LogP contribution < -0.4 is 10.1 Å². The second-order valence-electron chi connectivity index (χ2n) is 5.50. The number of rotatable bonds is 3. The molecule has 0 radical (unpaired) electrons. The summed E-state index contributed by atoms with van der Waals surface area (Å²) >= 11 is 0. The first-order valence-corrected chi connectivity index (χ1v) is 6.80. The van der Waals surface area contributed by atoms with E-state index in [0.29, 0.717) is 30.8 Å². The predicted octanol–water partition coefficient (Wildman–Crippen LogP) is 0.999. The fourth-order valence-corrected chi connectivity index (χ4v) is 2.63. The summed E-state index contributed by atoms with van der Waals surface area (Å²) in [5.41, 5.74) is -0.173. The summed E-state index contributed by atoms with van der Waals surface area (Å²) in [5.74, 6) is -0.00394. The van der Waals surface area contributed by atoms with Crippen molar-refractivity contribution in [2.45, 2.75) is 13.3 Å². The van der Waals surface area contributed by atoms with Gasteiger partial charge in [-0.1, -0.05) is 0 Å². The normalized spacial score (nSPS) is 21.2. The molecular formula is C15H20N2O4. The molecule has 1 aliphatic heterocycles. The first-order valence-electron chi connectivity index (χ1n) is 6.80. The number of ether oxygens (including phenoxy) is 1. The van der Waals surface area contributed by atoms with E-state index in [1.54, 1.807) is 24.1 Å². The third-order valence-corrected chi connectivity index (χ3v) is 3.96. The fraction of sp³-hybridized carbons (Fsp3) is 0.467. The molecule has 1 unspecified atom stereocenters. The number of carbonyl (C=O) groups is 2. The minimum Gasteiger partial charge on any atom is -0.504 e. The summed E-state index contributed by atoms with van der Waals surface area (Å²) in [5, 5.41) is 12.4. The van der Waals surface area contributed by atoms with Crippen LogP contribution in [0.5, 0.6) is 11.5 Å². The topological polar surface area (TPSA) is 78.9 Å². The van der Waals surface area contributed by atoms with Crippen LogP contribution in [-0.4, -0.2) is 49.1 Å². The van der Waals surface area contributed by atoms with Crippen LogP contribution in [0.25, 0.3) is 0 Å². The van der Waals surface area contributed by atoms with Gasteiger partial charge in [-0.3, -0.25) is 9.59 Å². The van der Waals surface area contributed by atoms with E-state index in [-0.39, 0.29) is 17.6 Å². The van der Waals surface area contributed by atoms with Crippen molar-refractivity contribution in [3.05, 3.63) is 23.8 Å². The van der Waals surface area contributed by atoms with Gasteiger partial charge in [0.2, 0.25) is 5.91 Å². The van der Waals surface area contributed by atoms with E-state index >= 15 is 0 Å². The molecule has 1 fully saturated rings. The lowest BCUT2D eigenvalue weighted by Crippen LogP contribution is -2.40. The fourth-order valence-electron chi connectivity index (χ4n) is 2.63. The van der Waals surface area contributed by atoms with E-state index in [2.05, 4.69) is 5.32 Å². The van der Waals surface area contributed by atoms with Crippen molar-refractivity contribution in [2.75, 3.05) is 27.2 Å². The average molecular weight is 292 g/mol. The zero-order valence-electron chi connectivity index (χ0n) is 12.5. The van der Waals surface area contributed by atoms with E-state index in [0.717, 1.165) is 0 Å². The molecule has 1 heterocycles. The zero-order valence-corrected chi connectivity index (χ0v) is 12.5. The van der Waals surface area contributed by atoms with Crippen LogP contribution in [0.2, 0.25) is 0 Å². The van der Waals surface area contributed by atoms with Crippen molar-refractivity contribution in [3.63, 3.8) is 0 Å². The van der Waals surface area contributed by atoms with Gasteiger partial charge in [-0.25, -0.2) is 0 Å². The van der Waals surface area contributed by atoms with Crippen molar-refractivity contribution < 1.29 is 19.4 Å². The Morgan fingerprint density at radius 3 is 2.71 bits per heavy atom. The molecule has 6 heteroatoms. The number of nitrogens with zero attached hydrogens (tertiary/aromatic N) is 1. The summed E-state index contributed by atoms with van der Waals surface area (Å²) in [6.45, 7) is 2.75. The number of likely N-dealkylation sites (tertiary alicyclic amines) is 1. The maximum atomic E-state index is 12.4. The second-order valence-corrected chi connectivity index (χ2v) is 5.50. The number of carbonyl (C=O) groups excluding carboxylic acids is 2. The number of phenols is 1. The number of aromatic hydroxyl groups is 1. The minimum absolute atomic E-state index is 0.0598. The van der Waals surface area contributed by atoms with Crippen LogP contribution in [0.15, 0.2) is 18.2 Å². The second kappa shape index (κ2) is 5.63. The van der Waals surface area contributed by atoms with Gasteiger partial charge in [-0.05, 0) is 31.5 Å². The maximum absolute atomic E-state index is 12.4. The van der Waals surface area contributed by atoms with Crippen LogP contribution in [0.3, 0.4) is 0 Å². The standard InChI is InChI=1S/C15H20N2O4/c1-15(14(20)16-2)6-7-17(9-15)13(19)10-4-5-12(21-3)11(18)8-10/h4-5,8,18H,6-7,9H2,1-3H3,(H,16,20). The molecule has 21 heavy (non-hydrogen) atoms. The summed E-state index contributed by atoms with van der Waals surface area (Å²) in [6, 6.07) is 4.55. The van der Waals surface area contributed by atoms with Crippen molar-refractivity contribution in [1.29, 1.82) is 0 Å². The Morgan fingerprint density at radius 2 is 2.14 bits per heavy atom. The Hall–Kier alpha value is -2.24. The van der Waals surface area contributed by atoms with E-state index in [9.17, 15) is 14.7 Å². The molecular weight excluding hydrogens is 272 g/mol. The molecule has 1 aromatic rings. The molecule has 1 aromatic carbocycles. The van der Waals surface area contributed by atoms with Gasteiger partial charge in [0.1, 0.15) is 0 Å². The molecule has 2 amide bonds. The van der Waals surface area contributed by atoms with Crippen LogP contribution in [0.1, 0.15) is 23.7 Å². The lowest BCUT2D eigenvalue weighted by atomic mass is 9.89. The highest BCUT2D eigenvalue weighted by molar-refractivity contribution is 5.96. The molecule has 0 spiro atoms. The zero-order chi connectivity index (χ0) is 15.6. The van der Waals surface area contributed by atoms with Crippen molar-refractivity contribution in [2.24, 2.45) is 5.41 Å². The third-order valence-electron chi connectivity index (χ3n) is 3.96. The number of phenolic OH excluding ortho intramolecular Hbond substituents is 1. The van der Waals surface area contributed by atoms with E-state index < -0.39 is 5.41 Å². The van der Waals surface area contributed by atoms with Gasteiger partial charge in [-0.15, -0.1) is 0 Å². The summed E-state index contributed by atoms with van der Waals surface area (Å²) < 4.78 is 4.96. The van der Waals surface area contributed by atoms with Gasteiger partial charge >= 0.3 is 0 Å². The molecule has 114 valence electrons. The summed E-state index contributed by atoms with van der Waals surface area (Å²) in [7, 11) is 3.05. The van der Waals surface area contributed by atoms with Gasteiger partial charge in [0.15, 0.2) is 11.5 Å². The lowest BCUT2D eigenvalue weighted by molar-refractivity contribution is -0.128. The number of nitrogens with one attached hydrogen (secondary N) is 1. The Kier molecular flexibility index (Phi) is 4.06. The van der Waals surface area contributed by atoms with Gasteiger partial charge in [0.25, 0.3) is 5.91 Å². The largest absolute Gasteiger partial charge is 0.504 e. The highest BCUT2D eigenvalue weighted by Crippen LogP contribution is 2.32. The SMILES string of the molecule is CNC(=O)C1(C)CCN(C(=O)c2ccc(OC)c(O)c2)C1. The lowest BCUT2D eigenvalue weighted by Gasteiger charge is -2.22. The molecule has 0 bridgehead atoms. The molecule has 1 saturated heterocycles. The van der Waals surface area contributed by atoms with Gasteiger partial charge in [-0.2, -0.15) is 0 Å². The van der Waals surface area contributed by atoms with Crippen LogP contribution >= 0.6 is 0 Å². The Bertz CT molecular complexity index is 573. The Balaban J connectivity index is 2.15. The van der Waals surface area contributed by atoms with E-state index in [1.165, 1.54) is 13.2 Å². The number of amides is 2. The van der Waals surface area contributed by atoms with Crippen LogP contribution in [-0.2, 0) is 4.79 Å². The molecule has 6 nitrogen and oxygen atoms in total. The molecule has 2 N–H and O–H groups in total. The van der Waals surface area contributed by atoms with Crippen molar-refractivity contribution >= 4 is 11.8 Å². The molecule has 0 aromatic heterocycles. The maximum Gasteiger partial charge on any atom is 0.254 e. The third kappa shape index (κ3) is 2.79. The van der Waals surface area contributed by atoms with Crippen LogP contribution in [0, 0.1) is 5.41 Å². The molecule has 2 rings (SSSR count). The molecule has 0 saturated carbocycles. The Morgan fingerprint density at radius 1 is 1.43 bits per heavy atom. The molecule has 1 atom stereocenters. The average Bonchev–Trinajstić information content (AvgIpc) is 2.89. The number of hydrogen-bond acceptors (Lipinski definition) is 4. The van der Waals surface area contributed by atoms with Crippen LogP contribution in [0.4, 0.5) is 0 Å². The Labute approximate surface area is 123 Å². The summed E-state index contributed by atoms with van der Waals surface area (Å²) in [4.78, 5) is 25.9. The van der Waals surface area contributed by atoms with Crippen molar-refractivity contribution in [3.8, 4) is 11.5 Å². The monoisotopic (exact) mass is 292 g/mol. The van der Waals surface area contributed by atoms with Gasteiger partial charge in [0.05, 0.1) is 12.5 Å². The van der Waals surface area contributed by atoms with E-state index in [4.69, 9.17) is 4.74 Å². The highest BCUT2D eigenvalue weighted by Gasteiger charge is 2.41. The smallest absolute Gasteiger partial charge is 0.254 e.